The lowest BCUT2D eigenvalue weighted by atomic mass is 10.3. The zero-order valence-corrected chi connectivity index (χ0v) is 11.7. The first-order chi connectivity index (χ1) is 6.90. The minimum Gasteiger partial charge on any atom is -1.00 e. The van der Waals surface area contributed by atoms with Gasteiger partial charge in [-0.15, -0.1) is 0 Å². The van der Waals surface area contributed by atoms with Crippen LogP contribution in [0.25, 0.3) is 11.0 Å². The molecule has 1 aromatic carbocycles. The van der Waals surface area contributed by atoms with Crippen LogP contribution in [0.2, 0.25) is 0 Å². The van der Waals surface area contributed by atoms with Crippen molar-refractivity contribution in [3.63, 3.8) is 0 Å². The summed E-state index contributed by atoms with van der Waals surface area (Å²) in [4.78, 5) is 9.24. The number of thioether (sulfide) groups is 1. The summed E-state index contributed by atoms with van der Waals surface area (Å²) in [5.41, 5.74) is 2.25. The molecule has 0 bridgehead atoms. The van der Waals surface area contributed by atoms with Crippen molar-refractivity contribution in [1.82, 2.24) is 4.98 Å². The molecule has 2 aromatic rings. The molecule has 5 heteroatoms. The van der Waals surface area contributed by atoms with E-state index in [1.807, 2.05) is 24.3 Å². The van der Waals surface area contributed by atoms with Gasteiger partial charge in [-0.3, -0.25) is 0 Å². The molecule has 2 rings (SSSR count). The molecule has 0 saturated heterocycles. The normalized spacial score (nSPS) is 9.13. The predicted molar refractivity (Wildman–Crippen MR) is 62.3 cm³/mol. The van der Waals surface area contributed by atoms with Gasteiger partial charge >= 0.3 is 5.16 Å². The molecule has 0 aliphatic carbocycles. The van der Waals surface area contributed by atoms with E-state index >= 15 is 0 Å². The van der Waals surface area contributed by atoms with Crippen LogP contribution in [-0.4, -0.2) is 10.7 Å². The molecule has 15 heavy (non-hydrogen) atoms. The molecule has 2 N–H and O–H groups in total. The Bertz CT molecular complexity index is 466. The Balaban J connectivity index is 0.00000112. The van der Waals surface area contributed by atoms with Gasteiger partial charge in [0.25, 0.3) is 0 Å². The molecular formula is C10H8Br2N2S. The molecule has 1 aromatic heterocycles. The largest absolute Gasteiger partial charge is 1.00 e. The Labute approximate surface area is 111 Å². The maximum absolute atomic E-state index is 3.28. The first-order valence-corrected chi connectivity index (χ1v) is 5.89. The Kier molecular flexibility index (Phi) is 5.23. The third-order valence-corrected chi connectivity index (χ3v) is 2.84. The standard InChI is InChI=1S/C10H7BrN2S.BrH/c11-6-3-7-14-10-12-8-4-1-2-5-9(8)13-10;/h1-2,4-5H,7H2,(H,12,13);1H. The van der Waals surface area contributed by atoms with Crippen LogP contribution in [0.5, 0.6) is 0 Å². The van der Waals surface area contributed by atoms with Crippen LogP contribution >= 0.6 is 27.7 Å². The highest BCUT2D eigenvalue weighted by Gasteiger charge is 2.07. The smallest absolute Gasteiger partial charge is 0.315 e. The minimum absolute atomic E-state index is 0. The number of imidazole rings is 1. The fourth-order valence-electron chi connectivity index (χ4n) is 1.18. The molecule has 0 aliphatic rings. The van der Waals surface area contributed by atoms with E-state index in [0.717, 1.165) is 21.9 Å². The Morgan fingerprint density at radius 1 is 1.40 bits per heavy atom. The SMILES string of the molecule is BrC#CCSc1[nH]c2ccccc2[nH+]1.[Br-]. The van der Waals surface area contributed by atoms with E-state index in [2.05, 4.69) is 36.6 Å². The summed E-state index contributed by atoms with van der Waals surface area (Å²) in [5.74, 6) is 3.70. The topological polar surface area (TPSA) is 29.9 Å². The molecule has 0 aliphatic heterocycles. The zero-order chi connectivity index (χ0) is 9.80. The lowest BCUT2D eigenvalue weighted by Crippen LogP contribution is -3.00. The molecular weight excluding hydrogens is 340 g/mol. The molecule has 0 saturated carbocycles. The summed E-state index contributed by atoms with van der Waals surface area (Å²) in [6.45, 7) is 0. The third-order valence-electron chi connectivity index (χ3n) is 1.78. The molecule has 1 heterocycles. The summed E-state index contributed by atoms with van der Waals surface area (Å²) in [7, 11) is 0. The van der Waals surface area contributed by atoms with Crippen LogP contribution < -0.4 is 22.0 Å². The van der Waals surface area contributed by atoms with E-state index in [4.69, 9.17) is 0 Å². The maximum Gasteiger partial charge on any atom is 0.315 e. The number of nitrogens with one attached hydrogen (secondary N) is 2. The summed E-state index contributed by atoms with van der Waals surface area (Å²) in [5, 5.41) is 1.04. The Morgan fingerprint density at radius 3 is 2.93 bits per heavy atom. The molecule has 0 spiro atoms. The van der Waals surface area contributed by atoms with E-state index < -0.39 is 0 Å². The number of benzene rings is 1. The number of hydrogen-bond acceptors (Lipinski definition) is 1. The van der Waals surface area contributed by atoms with E-state index in [1.165, 1.54) is 0 Å². The summed E-state index contributed by atoms with van der Waals surface area (Å²) < 4.78 is 0. The van der Waals surface area contributed by atoms with Gasteiger partial charge < -0.3 is 17.0 Å². The molecule has 78 valence electrons. The summed E-state index contributed by atoms with van der Waals surface area (Å²) in [6, 6.07) is 8.12. The summed E-state index contributed by atoms with van der Waals surface area (Å²) >= 11 is 4.72. The lowest BCUT2D eigenvalue weighted by Gasteiger charge is -1.80. The number of para-hydroxylation sites is 2. The van der Waals surface area contributed by atoms with Crippen molar-refractivity contribution < 1.29 is 22.0 Å². The van der Waals surface area contributed by atoms with Gasteiger partial charge in [0.2, 0.25) is 0 Å². The Hall–Kier alpha value is -0.440. The highest BCUT2D eigenvalue weighted by molar-refractivity contribution is 9.12. The van der Waals surface area contributed by atoms with Crippen molar-refractivity contribution in [2.45, 2.75) is 5.16 Å². The lowest BCUT2D eigenvalue weighted by molar-refractivity contribution is -0.396. The van der Waals surface area contributed by atoms with Crippen molar-refractivity contribution in [1.29, 1.82) is 0 Å². The van der Waals surface area contributed by atoms with E-state index in [9.17, 15) is 0 Å². The van der Waals surface area contributed by atoms with Crippen molar-refractivity contribution in [3.05, 3.63) is 24.3 Å². The van der Waals surface area contributed by atoms with Crippen LogP contribution in [0.15, 0.2) is 29.4 Å². The highest BCUT2D eigenvalue weighted by atomic mass is 79.9. The van der Waals surface area contributed by atoms with Crippen LogP contribution in [0.3, 0.4) is 0 Å². The number of aromatic nitrogens is 2. The fraction of sp³-hybridized carbons (Fsp3) is 0.100. The molecule has 0 atom stereocenters. The van der Waals surface area contributed by atoms with Crippen molar-refractivity contribution >= 4 is 38.7 Å². The van der Waals surface area contributed by atoms with Crippen LogP contribution in [0.4, 0.5) is 0 Å². The van der Waals surface area contributed by atoms with Gasteiger partial charge in [-0.2, -0.15) is 0 Å². The predicted octanol–water partition coefficient (Wildman–Crippen LogP) is -0.566. The van der Waals surface area contributed by atoms with Crippen LogP contribution in [-0.2, 0) is 0 Å². The molecule has 0 fully saturated rings. The van der Waals surface area contributed by atoms with Gasteiger partial charge in [0.1, 0.15) is 0 Å². The van der Waals surface area contributed by atoms with E-state index in [-0.39, 0.29) is 17.0 Å². The fourth-order valence-corrected chi connectivity index (χ4v) is 2.16. The second kappa shape index (κ2) is 6.21. The van der Waals surface area contributed by atoms with Crippen molar-refractivity contribution in [2.24, 2.45) is 0 Å². The molecule has 2 nitrogen and oxygen atoms in total. The van der Waals surface area contributed by atoms with E-state index in [0.29, 0.717) is 0 Å². The number of hydrogen-bond donors (Lipinski definition) is 1. The number of fused-ring (bicyclic) bond motifs is 1. The first kappa shape index (κ1) is 12.6. The maximum atomic E-state index is 3.28. The van der Waals surface area contributed by atoms with Crippen molar-refractivity contribution in [3.8, 4) is 10.8 Å². The van der Waals surface area contributed by atoms with Gasteiger partial charge in [0, 0.05) is 15.9 Å². The van der Waals surface area contributed by atoms with Crippen LogP contribution in [0, 0.1) is 10.8 Å². The van der Waals surface area contributed by atoms with Crippen molar-refractivity contribution in [2.75, 3.05) is 5.75 Å². The number of H-pyrrole nitrogens is 2. The minimum atomic E-state index is 0. The average molecular weight is 348 g/mol. The Morgan fingerprint density at radius 2 is 2.20 bits per heavy atom. The number of rotatable bonds is 2. The van der Waals surface area contributed by atoms with Gasteiger partial charge in [-0.05, 0) is 28.7 Å². The van der Waals surface area contributed by atoms with E-state index in [1.54, 1.807) is 11.8 Å². The quantitative estimate of drug-likeness (QED) is 0.572. The van der Waals surface area contributed by atoms with Gasteiger partial charge in [-0.1, -0.05) is 18.1 Å². The van der Waals surface area contributed by atoms with Gasteiger partial charge in [-0.25, -0.2) is 9.97 Å². The number of aromatic amines is 2. The highest BCUT2D eigenvalue weighted by Crippen LogP contribution is 2.14. The zero-order valence-electron chi connectivity index (χ0n) is 7.68. The summed E-state index contributed by atoms with van der Waals surface area (Å²) in [6.07, 6.45) is 0. The first-order valence-electron chi connectivity index (χ1n) is 4.11. The van der Waals surface area contributed by atoms with Crippen LogP contribution in [0.1, 0.15) is 0 Å². The van der Waals surface area contributed by atoms with Gasteiger partial charge in [0.05, 0.1) is 5.75 Å². The molecule has 0 unspecified atom stereocenters. The molecule has 0 amide bonds. The third kappa shape index (κ3) is 3.26. The average Bonchev–Trinajstić information content (AvgIpc) is 2.60. The second-order valence-electron chi connectivity index (χ2n) is 2.68. The monoisotopic (exact) mass is 346 g/mol. The number of halogens is 2. The molecule has 0 radical (unpaired) electrons. The second-order valence-corrected chi connectivity index (χ2v) is 4.07. The van der Waals surface area contributed by atoms with Gasteiger partial charge in [0.15, 0.2) is 11.0 Å².